The van der Waals surface area contributed by atoms with Crippen LogP contribution in [0.2, 0.25) is 0 Å². The molecule has 0 aliphatic carbocycles. The van der Waals surface area contributed by atoms with Crippen molar-refractivity contribution in [2.45, 2.75) is 5.79 Å². The van der Waals surface area contributed by atoms with Crippen molar-refractivity contribution in [3.05, 3.63) is 45.9 Å². The molecule has 17 nitrogen and oxygen atoms in total. The Morgan fingerprint density at radius 1 is 1.00 bits per heavy atom. The van der Waals surface area contributed by atoms with Crippen LogP contribution < -0.4 is 6.15 Å². The fourth-order valence-corrected chi connectivity index (χ4v) is 0.612. The van der Waals surface area contributed by atoms with E-state index in [-0.39, 0.29) is 11.6 Å². The predicted molar refractivity (Wildman–Crippen MR) is 55.0 cm³/mol. The third-order valence-electron chi connectivity index (χ3n) is 1.43. The lowest BCUT2D eigenvalue weighted by Crippen LogP contribution is -2.57. The molecule has 17 heteroatoms. The topological polar surface area (TPSA) is 281 Å². The van der Waals surface area contributed by atoms with Gasteiger partial charge in [-0.05, 0) is 5.03 Å². The van der Waals surface area contributed by atoms with Gasteiger partial charge in [0.05, 0.1) is 0 Å². The van der Waals surface area contributed by atoms with Gasteiger partial charge >= 0.3 is 12.4 Å². The number of rotatable bonds is 6. The highest BCUT2D eigenvalue weighted by Crippen LogP contribution is 2.13. The van der Waals surface area contributed by atoms with Crippen molar-refractivity contribution in [3.63, 3.8) is 0 Å². The molecule has 0 spiro atoms. The number of nitro groups is 4. The highest BCUT2D eigenvalue weighted by atomic mass is 16.7. The lowest BCUT2D eigenvalue weighted by molar-refractivity contribution is -0.970. The van der Waals surface area contributed by atoms with Crippen molar-refractivity contribution < 1.29 is 34.8 Å². The minimum atomic E-state index is -4.04. The number of carbonyl (C=O) groups is 1. The van der Waals surface area contributed by atoms with E-state index in [0.717, 1.165) is 0 Å². The van der Waals surface area contributed by atoms with Gasteiger partial charge < -0.3 is 16.4 Å². The Morgan fingerprint density at radius 3 is 1.60 bits per heavy atom. The molecule has 0 fully saturated rings. The van der Waals surface area contributed by atoms with E-state index in [9.17, 15) is 45.3 Å². The average molecular weight is 304 g/mol. The minimum absolute atomic E-state index is 0. The van der Waals surface area contributed by atoms with Gasteiger partial charge in [-0.15, -0.1) is 0 Å². The third-order valence-corrected chi connectivity index (χ3v) is 1.43. The summed E-state index contributed by atoms with van der Waals surface area (Å²) in [6.45, 7) is -1.95. The van der Waals surface area contributed by atoms with Crippen molar-refractivity contribution in [1.82, 2.24) is 6.15 Å². The molecule has 0 saturated carbocycles. The van der Waals surface area contributed by atoms with Gasteiger partial charge in [-0.25, -0.2) is 0 Å². The van der Waals surface area contributed by atoms with Crippen LogP contribution >= 0.6 is 0 Å². The van der Waals surface area contributed by atoms with Crippen LogP contribution in [-0.4, -0.2) is 43.8 Å². The Morgan fingerprint density at radius 2 is 1.35 bits per heavy atom. The first-order valence-electron chi connectivity index (χ1n) is 3.61. The summed E-state index contributed by atoms with van der Waals surface area (Å²) in [5, 5.41) is 39.0. The highest BCUT2D eigenvalue weighted by molar-refractivity contribution is 5.78. The summed E-state index contributed by atoms with van der Waals surface area (Å²) in [7, 11) is 0. The van der Waals surface area contributed by atoms with Crippen LogP contribution in [0.25, 0.3) is 5.43 Å². The summed E-state index contributed by atoms with van der Waals surface area (Å²) in [4.78, 5) is 45.3. The zero-order chi connectivity index (χ0) is 14.5. The number of hydrogen-bond donors (Lipinski definition) is 1. The SMILES string of the molecule is O.O=C([N-][N+](=O)[O-])OCC([N+](=O)[O-])([N+](=O)[O-])[N+](=O)[O-].[NH4+]. The second kappa shape index (κ2) is 7.99. The number of ether oxygens (including phenoxy) is 1. The molecule has 6 N–H and O–H groups in total. The Balaban J connectivity index is -0.00000144. The Hall–Kier alpha value is -3.21. The van der Waals surface area contributed by atoms with Crippen molar-refractivity contribution in [2.24, 2.45) is 0 Å². The van der Waals surface area contributed by atoms with Crippen LogP contribution in [-0.2, 0) is 4.74 Å². The maximum Gasteiger partial charge on any atom is 0.734 e. The number of nitrogens with zero attached hydrogens (tertiary/aromatic N) is 5. The van der Waals surface area contributed by atoms with Gasteiger partial charge in [-0.3, -0.25) is 50.7 Å². The summed E-state index contributed by atoms with van der Waals surface area (Å²) < 4.78 is 3.63. The molecule has 20 heavy (non-hydrogen) atoms. The van der Waals surface area contributed by atoms with E-state index in [2.05, 4.69) is 4.74 Å². The van der Waals surface area contributed by atoms with Crippen LogP contribution in [0.1, 0.15) is 0 Å². The molecule has 116 valence electrons. The Kier molecular flexibility index (Phi) is 8.80. The quantitative estimate of drug-likeness (QED) is 0.344. The lowest BCUT2D eigenvalue weighted by Gasteiger charge is -2.11. The largest absolute Gasteiger partial charge is 0.734 e. The molecule has 0 aliphatic rings. The Labute approximate surface area is 106 Å². The van der Waals surface area contributed by atoms with Gasteiger partial charge in [-0.2, -0.15) is 0 Å². The number of amides is 1. The molecule has 0 aromatic heterocycles. The second-order valence-corrected chi connectivity index (χ2v) is 2.44. The number of carbonyl (C=O) groups excluding carboxylic acids is 1. The molecule has 0 heterocycles. The standard InChI is InChI=1S/C3H3N5O10.H3N.H2O/c9-2(4-8(16)17)18-1-3(5(10)11,6(12)13)7(14)15;;/h1H2,(H,4,9);1H3;1H2. The molecule has 0 aromatic rings. The van der Waals surface area contributed by atoms with E-state index >= 15 is 0 Å². The van der Waals surface area contributed by atoms with Crippen LogP contribution in [0.3, 0.4) is 0 Å². The maximum absolute atomic E-state index is 10.5. The summed E-state index contributed by atoms with van der Waals surface area (Å²) >= 11 is 0. The number of hydrogen-bond acceptors (Lipinski definition) is 10. The van der Waals surface area contributed by atoms with E-state index in [1.54, 1.807) is 0 Å². The van der Waals surface area contributed by atoms with Crippen LogP contribution in [0, 0.1) is 40.5 Å². The normalized spacial score (nSPS) is 9.20. The van der Waals surface area contributed by atoms with Crippen molar-refractivity contribution in [3.8, 4) is 0 Å². The lowest BCUT2D eigenvalue weighted by atomic mass is 10.4. The molecule has 0 bridgehead atoms. The summed E-state index contributed by atoms with van der Waals surface area (Å²) in [5.74, 6) is -4.04. The van der Waals surface area contributed by atoms with E-state index in [1.807, 2.05) is 5.43 Å². The van der Waals surface area contributed by atoms with E-state index in [4.69, 9.17) is 0 Å². The van der Waals surface area contributed by atoms with Gasteiger partial charge in [0, 0.05) is 0 Å². The first-order valence-corrected chi connectivity index (χ1v) is 3.61. The van der Waals surface area contributed by atoms with Crippen molar-refractivity contribution >= 4 is 6.09 Å². The molecule has 0 rings (SSSR count). The predicted octanol–water partition coefficient (Wildman–Crippen LogP) is -1.28. The molecular formula is C3H8N6O11. The van der Waals surface area contributed by atoms with Crippen molar-refractivity contribution in [1.29, 1.82) is 0 Å². The average Bonchev–Trinajstić information content (AvgIpc) is 2.15. The van der Waals surface area contributed by atoms with Gasteiger partial charge in [-0.1, -0.05) is 0 Å². The first-order chi connectivity index (χ1) is 8.14. The van der Waals surface area contributed by atoms with Gasteiger partial charge in [0.1, 0.15) is 0 Å². The molecule has 0 saturated heterocycles. The summed E-state index contributed by atoms with van der Waals surface area (Å²) in [6.07, 6.45) is -2.05. The molecule has 0 unspecified atom stereocenters. The summed E-state index contributed by atoms with van der Waals surface area (Å²) in [5.41, 5.74) is 1.95. The monoisotopic (exact) mass is 304 g/mol. The summed E-state index contributed by atoms with van der Waals surface area (Å²) in [6, 6.07) is 0. The van der Waals surface area contributed by atoms with Gasteiger partial charge in [0.15, 0.2) is 14.8 Å². The molecular weight excluding hydrogens is 296 g/mol. The van der Waals surface area contributed by atoms with Crippen LogP contribution in [0.5, 0.6) is 0 Å². The van der Waals surface area contributed by atoms with Crippen molar-refractivity contribution in [2.75, 3.05) is 6.61 Å². The zero-order valence-electron chi connectivity index (χ0n) is 9.53. The van der Waals surface area contributed by atoms with Gasteiger partial charge in [0.25, 0.3) is 6.09 Å². The van der Waals surface area contributed by atoms with E-state index in [1.165, 1.54) is 0 Å². The fraction of sp³-hybridized carbons (Fsp3) is 0.667. The third kappa shape index (κ3) is 4.58. The van der Waals surface area contributed by atoms with E-state index in [0.29, 0.717) is 0 Å². The van der Waals surface area contributed by atoms with Crippen LogP contribution in [0.15, 0.2) is 0 Å². The second-order valence-electron chi connectivity index (χ2n) is 2.44. The molecule has 1 amide bonds. The minimum Gasteiger partial charge on any atom is -0.451 e. The molecule has 0 atom stereocenters. The highest BCUT2D eigenvalue weighted by Gasteiger charge is 2.71. The first kappa shape index (κ1) is 22.0. The smallest absolute Gasteiger partial charge is 0.451 e. The molecule has 0 aromatic carbocycles. The fourth-order valence-electron chi connectivity index (χ4n) is 0.612. The van der Waals surface area contributed by atoms with Gasteiger partial charge in [0.2, 0.25) is 0 Å². The van der Waals surface area contributed by atoms with E-state index < -0.39 is 38.3 Å². The number of quaternary nitrogens is 1. The van der Waals surface area contributed by atoms with Crippen LogP contribution in [0.4, 0.5) is 4.79 Å². The zero-order valence-corrected chi connectivity index (χ0v) is 9.53. The molecule has 0 aliphatic heterocycles. The molecule has 0 radical (unpaired) electrons. The maximum atomic E-state index is 10.5. The Bertz CT molecular complexity index is 382.